The number of nitrogens with one attached hydrogen (secondary N) is 1. The average molecular weight is 607 g/mol. The number of piperazine rings is 1. The van der Waals surface area contributed by atoms with Gasteiger partial charge in [0.1, 0.15) is 5.82 Å². The number of hydrogen-bond acceptors (Lipinski definition) is 5. The van der Waals surface area contributed by atoms with Crippen molar-refractivity contribution in [2.45, 2.75) is 18.0 Å². The number of thioether (sulfide) groups is 1. The first-order valence-electron chi connectivity index (χ1n) is 14.9. The molecular weight excluding hydrogens is 571 g/mol. The van der Waals surface area contributed by atoms with Crippen LogP contribution in [0.15, 0.2) is 113 Å². The molecule has 0 saturated carbocycles. The fourth-order valence-electron chi connectivity index (χ4n) is 5.54. The Labute approximate surface area is 262 Å². The number of anilines is 1. The molecule has 2 heterocycles. The third-order valence-electron chi connectivity index (χ3n) is 8.02. The van der Waals surface area contributed by atoms with E-state index in [2.05, 4.69) is 39.4 Å². The summed E-state index contributed by atoms with van der Waals surface area (Å²) in [5.41, 5.74) is 3.96. The molecule has 1 saturated heterocycles. The van der Waals surface area contributed by atoms with E-state index in [1.807, 2.05) is 48.5 Å². The molecule has 44 heavy (non-hydrogen) atoms. The SMILES string of the molecule is O=C(NCCN1CCN(Cc2ccccc2)CC1)c1ccc(C=C2Sc3ccccc3N(Cc3ccccc3F)C2=O)cc1. The zero-order chi connectivity index (χ0) is 30.3. The van der Waals surface area contributed by atoms with Crippen LogP contribution in [0.5, 0.6) is 0 Å². The highest BCUT2D eigenvalue weighted by Crippen LogP contribution is 2.42. The standard InChI is InChI=1S/C36H35FN4O2S/c37-31-11-5-4-10-30(31)26-41-32-12-6-7-13-33(32)44-34(36(41)43)24-27-14-16-29(17-15-27)35(42)38-18-19-39-20-22-40(23-21-39)25-28-8-2-1-3-9-28/h1-17,24H,18-23,25-26H2,(H,38,42). The van der Waals surface area contributed by atoms with Crippen LogP contribution in [0.4, 0.5) is 10.1 Å². The summed E-state index contributed by atoms with van der Waals surface area (Å²) in [6, 6.07) is 32.0. The Bertz CT molecular complexity index is 1640. The number of benzene rings is 4. The Balaban J connectivity index is 1.03. The van der Waals surface area contributed by atoms with Crippen molar-refractivity contribution >= 4 is 35.3 Å². The van der Waals surface area contributed by atoms with Crippen molar-refractivity contribution in [2.24, 2.45) is 0 Å². The zero-order valence-electron chi connectivity index (χ0n) is 24.5. The van der Waals surface area contributed by atoms with Gasteiger partial charge >= 0.3 is 0 Å². The Morgan fingerprint density at radius 3 is 2.25 bits per heavy atom. The number of carbonyl (C=O) groups is 2. The van der Waals surface area contributed by atoms with Gasteiger partial charge in [-0.2, -0.15) is 0 Å². The predicted molar refractivity (Wildman–Crippen MR) is 175 cm³/mol. The molecule has 2 aliphatic rings. The van der Waals surface area contributed by atoms with Crippen LogP contribution in [-0.2, 0) is 17.9 Å². The number of para-hydroxylation sites is 1. The number of rotatable bonds is 9. The molecule has 4 aromatic carbocycles. The molecule has 6 rings (SSSR count). The van der Waals surface area contributed by atoms with E-state index in [0.717, 1.165) is 55.4 Å². The van der Waals surface area contributed by atoms with E-state index in [0.29, 0.717) is 22.6 Å². The van der Waals surface area contributed by atoms with E-state index in [1.165, 1.54) is 23.4 Å². The number of hydrogen-bond donors (Lipinski definition) is 1. The number of amides is 2. The van der Waals surface area contributed by atoms with Crippen molar-refractivity contribution in [3.05, 3.63) is 136 Å². The zero-order valence-corrected chi connectivity index (χ0v) is 25.3. The van der Waals surface area contributed by atoms with Gasteiger partial charge in [0.15, 0.2) is 0 Å². The molecule has 0 atom stereocenters. The Hall–Kier alpha value is -4.24. The third kappa shape index (κ3) is 7.27. The van der Waals surface area contributed by atoms with Crippen LogP contribution in [0.2, 0.25) is 0 Å². The minimum Gasteiger partial charge on any atom is -0.351 e. The second kappa shape index (κ2) is 14.0. The van der Waals surface area contributed by atoms with Crippen LogP contribution in [0, 0.1) is 5.82 Å². The molecule has 2 amide bonds. The van der Waals surface area contributed by atoms with E-state index >= 15 is 0 Å². The summed E-state index contributed by atoms with van der Waals surface area (Å²) in [7, 11) is 0. The highest BCUT2D eigenvalue weighted by Gasteiger charge is 2.29. The number of nitrogens with zero attached hydrogens (tertiary/aromatic N) is 3. The molecule has 0 radical (unpaired) electrons. The van der Waals surface area contributed by atoms with E-state index < -0.39 is 0 Å². The van der Waals surface area contributed by atoms with E-state index in [-0.39, 0.29) is 24.2 Å². The van der Waals surface area contributed by atoms with Crippen LogP contribution in [0.25, 0.3) is 6.08 Å². The Morgan fingerprint density at radius 1 is 0.795 bits per heavy atom. The van der Waals surface area contributed by atoms with Gasteiger partial charge in [0.2, 0.25) is 0 Å². The van der Waals surface area contributed by atoms with Crippen molar-refractivity contribution in [3.8, 4) is 0 Å². The Morgan fingerprint density at radius 2 is 1.48 bits per heavy atom. The van der Waals surface area contributed by atoms with E-state index in [4.69, 9.17) is 0 Å². The quantitative estimate of drug-likeness (QED) is 0.235. The molecule has 8 heteroatoms. The van der Waals surface area contributed by atoms with Crippen molar-refractivity contribution < 1.29 is 14.0 Å². The second-order valence-corrected chi connectivity index (χ2v) is 12.1. The number of carbonyl (C=O) groups excluding carboxylic acids is 2. The molecule has 6 nitrogen and oxygen atoms in total. The van der Waals surface area contributed by atoms with Crippen molar-refractivity contribution in [2.75, 3.05) is 44.2 Å². The molecular formula is C36H35FN4O2S. The van der Waals surface area contributed by atoms with Crippen LogP contribution in [-0.4, -0.2) is 60.9 Å². The number of halogens is 1. The van der Waals surface area contributed by atoms with Gasteiger partial charge in [-0.15, -0.1) is 0 Å². The normalized spacial score (nSPS) is 16.6. The van der Waals surface area contributed by atoms with Crippen molar-refractivity contribution in [1.29, 1.82) is 0 Å². The number of fused-ring (bicyclic) bond motifs is 1. The Kier molecular flexibility index (Phi) is 9.51. The molecule has 4 aromatic rings. The molecule has 0 unspecified atom stereocenters. The second-order valence-electron chi connectivity index (χ2n) is 11.0. The van der Waals surface area contributed by atoms with Gasteiger partial charge < -0.3 is 10.2 Å². The predicted octanol–water partition coefficient (Wildman–Crippen LogP) is 6.05. The molecule has 2 aliphatic heterocycles. The van der Waals surface area contributed by atoms with Gasteiger partial charge in [-0.1, -0.05) is 84.6 Å². The van der Waals surface area contributed by atoms with Gasteiger partial charge in [0.25, 0.3) is 11.8 Å². The third-order valence-corrected chi connectivity index (χ3v) is 9.09. The lowest BCUT2D eigenvalue weighted by molar-refractivity contribution is -0.114. The summed E-state index contributed by atoms with van der Waals surface area (Å²) in [4.78, 5) is 34.4. The van der Waals surface area contributed by atoms with Gasteiger partial charge in [-0.3, -0.25) is 19.4 Å². The fourth-order valence-corrected chi connectivity index (χ4v) is 6.60. The largest absolute Gasteiger partial charge is 0.351 e. The first-order chi connectivity index (χ1) is 21.5. The molecule has 0 aliphatic carbocycles. The van der Waals surface area contributed by atoms with Gasteiger partial charge in [0.05, 0.1) is 17.1 Å². The highest BCUT2D eigenvalue weighted by molar-refractivity contribution is 8.04. The first-order valence-corrected chi connectivity index (χ1v) is 15.8. The maximum atomic E-state index is 14.5. The minimum atomic E-state index is -0.336. The summed E-state index contributed by atoms with van der Waals surface area (Å²) in [6.45, 7) is 6.55. The van der Waals surface area contributed by atoms with Gasteiger partial charge in [0, 0.05) is 61.8 Å². The highest BCUT2D eigenvalue weighted by atomic mass is 32.2. The average Bonchev–Trinajstić information content (AvgIpc) is 3.05. The molecule has 1 fully saturated rings. The van der Waals surface area contributed by atoms with Crippen LogP contribution >= 0.6 is 11.8 Å². The first kappa shape index (κ1) is 29.8. The summed E-state index contributed by atoms with van der Waals surface area (Å²) >= 11 is 1.40. The van der Waals surface area contributed by atoms with Crippen LogP contribution in [0.1, 0.15) is 27.0 Å². The van der Waals surface area contributed by atoms with E-state index in [1.54, 1.807) is 35.2 Å². The molecule has 0 spiro atoms. The van der Waals surface area contributed by atoms with E-state index in [9.17, 15) is 14.0 Å². The van der Waals surface area contributed by atoms with Crippen LogP contribution in [0.3, 0.4) is 0 Å². The summed E-state index contributed by atoms with van der Waals surface area (Å²) in [6.07, 6.45) is 1.83. The summed E-state index contributed by atoms with van der Waals surface area (Å²) < 4.78 is 14.5. The summed E-state index contributed by atoms with van der Waals surface area (Å²) in [5, 5.41) is 3.04. The molecule has 0 aromatic heterocycles. The maximum absolute atomic E-state index is 14.5. The minimum absolute atomic E-state index is 0.111. The van der Waals surface area contributed by atoms with Crippen molar-refractivity contribution in [3.63, 3.8) is 0 Å². The molecule has 0 bridgehead atoms. The van der Waals surface area contributed by atoms with Gasteiger partial charge in [-0.25, -0.2) is 4.39 Å². The topological polar surface area (TPSA) is 55.9 Å². The monoisotopic (exact) mass is 606 g/mol. The lowest BCUT2D eigenvalue weighted by Gasteiger charge is -2.34. The fraction of sp³-hybridized carbons (Fsp3) is 0.222. The lowest BCUT2D eigenvalue weighted by atomic mass is 10.1. The lowest BCUT2D eigenvalue weighted by Crippen LogP contribution is -2.48. The van der Waals surface area contributed by atoms with Crippen LogP contribution < -0.4 is 10.2 Å². The van der Waals surface area contributed by atoms with Gasteiger partial charge in [-0.05, 0) is 47.5 Å². The molecule has 224 valence electrons. The smallest absolute Gasteiger partial charge is 0.265 e. The van der Waals surface area contributed by atoms with Crippen molar-refractivity contribution in [1.82, 2.24) is 15.1 Å². The maximum Gasteiger partial charge on any atom is 0.265 e. The summed E-state index contributed by atoms with van der Waals surface area (Å²) in [5.74, 6) is -0.628. The molecule has 1 N–H and O–H groups in total.